The molecule has 41 heavy (non-hydrogen) atoms. The SMILES string of the molecule is O=C(NCC1C[C@H]2O[C@H](CO)[C@@H](OC(=O)c3ccc([N+](=O)[O-])cc3)[C@H](OCc3ccccc3)[C@H]2O1)c1ccccc1. The lowest BCUT2D eigenvalue weighted by molar-refractivity contribution is -0.384. The van der Waals surface area contributed by atoms with Gasteiger partial charge in [0.2, 0.25) is 0 Å². The molecule has 2 aliphatic rings. The molecule has 2 N–H and O–H groups in total. The number of hydrogen-bond acceptors (Lipinski definition) is 9. The molecule has 0 bridgehead atoms. The predicted molar refractivity (Wildman–Crippen MR) is 145 cm³/mol. The van der Waals surface area contributed by atoms with Crippen LogP contribution in [0.1, 0.15) is 32.7 Å². The number of hydrogen-bond donors (Lipinski definition) is 2. The number of nitrogens with zero attached hydrogens (tertiary/aromatic N) is 1. The van der Waals surface area contributed by atoms with Crippen molar-refractivity contribution >= 4 is 17.6 Å². The number of ether oxygens (including phenoxy) is 4. The van der Waals surface area contributed by atoms with Gasteiger partial charge in [0, 0.05) is 30.7 Å². The zero-order chi connectivity index (χ0) is 28.8. The van der Waals surface area contributed by atoms with Gasteiger partial charge >= 0.3 is 5.97 Å². The number of amides is 1. The second kappa shape index (κ2) is 13.0. The number of nitro groups is 1. The Balaban J connectivity index is 1.32. The van der Waals surface area contributed by atoms with Crippen molar-refractivity contribution in [1.29, 1.82) is 0 Å². The maximum atomic E-state index is 13.1. The summed E-state index contributed by atoms with van der Waals surface area (Å²) >= 11 is 0. The highest BCUT2D eigenvalue weighted by atomic mass is 16.6. The number of benzene rings is 3. The lowest BCUT2D eigenvalue weighted by Crippen LogP contribution is -2.59. The fourth-order valence-corrected chi connectivity index (χ4v) is 5.07. The highest BCUT2D eigenvalue weighted by Gasteiger charge is 2.53. The number of carbonyl (C=O) groups excluding carboxylic acids is 2. The summed E-state index contributed by atoms with van der Waals surface area (Å²) in [7, 11) is 0. The smallest absolute Gasteiger partial charge is 0.338 e. The first-order valence-corrected chi connectivity index (χ1v) is 13.3. The second-order valence-electron chi connectivity index (χ2n) is 9.87. The first-order valence-electron chi connectivity index (χ1n) is 13.3. The molecule has 3 aromatic carbocycles. The first kappa shape index (κ1) is 28.4. The van der Waals surface area contributed by atoms with E-state index in [0.717, 1.165) is 5.56 Å². The van der Waals surface area contributed by atoms with Crippen LogP contribution in [-0.2, 0) is 25.6 Å². The lowest BCUT2D eigenvalue weighted by Gasteiger charge is -2.42. The number of aliphatic hydroxyl groups is 1. The molecule has 11 heteroatoms. The van der Waals surface area contributed by atoms with E-state index in [1.54, 1.807) is 24.3 Å². The number of fused-ring (bicyclic) bond motifs is 1. The van der Waals surface area contributed by atoms with E-state index >= 15 is 0 Å². The van der Waals surface area contributed by atoms with Gasteiger partial charge in [-0.15, -0.1) is 0 Å². The van der Waals surface area contributed by atoms with Crippen LogP contribution in [0.2, 0.25) is 0 Å². The first-order chi connectivity index (χ1) is 19.9. The van der Waals surface area contributed by atoms with E-state index in [-0.39, 0.29) is 30.3 Å². The Bertz CT molecular complexity index is 1340. The van der Waals surface area contributed by atoms with Crippen LogP contribution >= 0.6 is 0 Å². The van der Waals surface area contributed by atoms with Gasteiger partial charge in [-0.05, 0) is 29.8 Å². The normalized spacial score (nSPS) is 25.2. The van der Waals surface area contributed by atoms with Gasteiger partial charge in [-0.2, -0.15) is 0 Å². The number of carbonyl (C=O) groups is 2. The molecule has 2 heterocycles. The Morgan fingerprint density at radius 2 is 1.61 bits per heavy atom. The molecule has 1 amide bonds. The van der Waals surface area contributed by atoms with Crippen molar-refractivity contribution in [2.45, 2.75) is 49.7 Å². The van der Waals surface area contributed by atoms with Gasteiger partial charge < -0.3 is 29.4 Å². The van der Waals surface area contributed by atoms with Crippen LogP contribution in [0, 0.1) is 10.1 Å². The van der Waals surface area contributed by atoms with E-state index in [9.17, 15) is 24.8 Å². The number of nitro benzene ring substituents is 1. The maximum Gasteiger partial charge on any atom is 0.338 e. The average Bonchev–Trinajstić information content (AvgIpc) is 3.42. The highest BCUT2D eigenvalue weighted by Crippen LogP contribution is 2.36. The third kappa shape index (κ3) is 6.77. The lowest BCUT2D eigenvalue weighted by atomic mass is 9.94. The molecule has 0 aromatic heterocycles. The van der Waals surface area contributed by atoms with Crippen LogP contribution < -0.4 is 5.32 Å². The second-order valence-corrected chi connectivity index (χ2v) is 9.87. The molecule has 2 aliphatic heterocycles. The molecule has 5 rings (SSSR count). The van der Waals surface area contributed by atoms with Gasteiger partial charge in [0.15, 0.2) is 6.10 Å². The van der Waals surface area contributed by atoms with Crippen molar-refractivity contribution in [1.82, 2.24) is 5.32 Å². The van der Waals surface area contributed by atoms with Crippen molar-refractivity contribution in [3.8, 4) is 0 Å². The number of rotatable bonds is 10. The minimum atomic E-state index is -1.04. The molecule has 2 saturated heterocycles. The molecule has 0 saturated carbocycles. The van der Waals surface area contributed by atoms with Gasteiger partial charge in [0.25, 0.3) is 11.6 Å². The fraction of sp³-hybridized carbons (Fsp3) is 0.333. The van der Waals surface area contributed by atoms with Gasteiger partial charge in [0.1, 0.15) is 18.3 Å². The number of aliphatic hydroxyl groups excluding tert-OH is 1. The molecule has 214 valence electrons. The van der Waals surface area contributed by atoms with Gasteiger partial charge in [0.05, 0.1) is 35.9 Å². The van der Waals surface area contributed by atoms with Crippen LogP contribution in [0.3, 0.4) is 0 Å². The zero-order valence-corrected chi connectivity index (χ0v) is 22.0. The largest absolute Gasteiger partial charge is 0.453 e. The number of esters is 1. The van der Waals surface area contributed by atoms with Crippen LogP contribution in [0.4, 0.5) is 5.69 Å². The van der Waals surface area contributed by atoms with E-state index in [4.69, 9.17) is 18.9 Å². The maximum absolute atomic E-state index is 13.1. The van der Waals surface area contributed by atoms with Crippen LogP contribution in [0.5, 0.6) is 0 Å². The minimum Gasteiger partial charge on any atom is -0.453 e. The molecule has 0 radical (unpaired) electrons. The fourth-order valence-electron chi connectivity index (χ4n) is 5.07. The summed E-state index contributed by atoms with van der Waals surface area (Å²) in [6.07, 6.45) is -3.82. The molecule has 3 aromatic rings. The topological polar surface area (TPSA) is 146 Å². The summed E-state index contributed by atoms with van der Waals surface area (Å²) in [5, 5.41) is 24.1. The summed E-state index contributed by atoms with van der Waals surface area (Å²) in [4.78, 5) is 36.1. The monoisotopic (exact) mass is 562 g/mol. The molecule has 0 spiro atoms. The highest BCUT2D eigenvalue weighted by molar-refractivity contribution is 5.94. The van der Waals surface area contributed by atoms with E-state index in [0.29, 0.717) is 12.0 Å². The van der Waals surface area contributed by atoms with Crippen molar-refractivity contribution in [3.63, 3.8) is 0 Å². The van der Waals surface area contributed by atoms with Crippen molar-refractivity contribution in [3.05, 3.63) is 112 Å². The standard InChI is InChI=1S/C30H30N2O9/c33-17-25-27(41-30(35)21-11-13-22(14-12-21)32(36)37)28(38-18-19-7-3-1-4-8-19)26-24(40-25)15-23(39-26)16-31-29(34)20-9-5-2-6-10-20/h1-14,23-28,33H,15-18H2,(H,31,34)/t23?,24-,25-,26+,27-,28-/m1/s1. The number of non-ortho nitro benzene ring substituents is 1. The molecular formula is C30H30N2O9. The van der Waals surface area contributed by atoms with E-state index in [1.807, 2.05) is 36.4 Å². The van der Waals surface area contributed by atoms with E-state index in [1.165, 1.54) is 24.3 Å². The summed E-state index contributed by atoms with van der Waals surface area (Å²) < 4.78 is 24.5. The summed E-state index contributed by atoms with van der Waals surface area (Å²) in [5.74, 6) is -0.978. The quantitative estimate of drug-likeness (QED) is 0.216. The molecular weight excluding hydrogens is 532 g/mol. The van der Waals surface area contributed by atoms with Gasteiger partial charge in [-0.1, -0.05) is 48.5 Å². The zero-order valence-electron chi connectivity index (χ0n) is 22.0. The molecule has 0 aliphatic carbocycles. The predicted octanol–water partition coefficient (Wildman–Crippen LogP) is 3.05. The number of nitrogens with one attached hydrogen (secondary N) is 1. The van der Waals surface area contributed by atoms with Gasteiger partial charge in [-0.25, -0.2) is 4.79 Å². The molecule has 6 atom stereocenters. The van der Waals surface area contributed by atoms with Crippen LogP contribution in [-0.4, -0.2) is 71.7 Å². The third-order valence-electron chi connectivity index (χ3n) is 7.12. The van der Waals surface area contributed by atoms with Crippen molar-refractivity contribution in [2.75, 3.05) is 13.2 Å². The summed E-state index contributed by atoms with van der Waals surface area (Å²) in [6, 6.07) is 23.3. The van der Waals surface area contributed by atoms with E-state index in [2.05, 4.69) is 5.32 Å². The summed E-state index contributed by atoms with van der Waals surface area (Å²) in [6.45, 7) is -0.0220. The molecule has 11 nitrogen and oxygen atoms in total. The Morgan fingerprint density at radius 1 is 0.927 bits per heavy atom. The van der Waals surface area contributed by atoms with Crippen LogP contribution in [0.25, 0.3) is 0 Å². The Labute approximate surface area is 236 Å². The Hall–Kier alpha value is -4.16. The van der Waals surface area contributed by atoms with E-state index < -0.39 is 54.1 Å². The molecule has 1 unspecified atom stereocenters. The van der Waals surface area contributed by atoms with Gasteiger partial charge in [-0.3, -0.25) is 14.9 Å². The van der Waals surface area contributed by atoms with Crippen molar-refractivity contribution < 1.29 is 38.6 Å². The van der Waals surface area contributed by atoms with Crippen molar-refractivity contribution in [2.24, 2.45) is 0 Å². The Morgan fingerprint density at radius 3 is 2.27 bits per heavy atom. The third-order valence-corrected chi connectivity index (χ3v) is 7.12. The summed E-state index contributed by atoms with van der Waals surface area (Å²) in [5.41, 5.74) is 1.36. The average molecular weight is 563 g/mol. The minimum absolute atomic E-state index is 0.102. The van der Waals surface area contributed by atoms with Crippen LogP contribution in [0.15, 0.2) is 84.9 Å². The Kier molecular flexibility index (Phi) is 9.00. The molecule has 2 fully saturated rings.